The van der Waals surface area contributed by atoms with Crippen LogP contribution in [0, 0.1) is 5.41 Å². The highest BCUT2D eigenvalue weighted by Gasteiger charge is 2.34. The molecule has 30 heavy (non-hydrogen) atoms. The lowest BCUT2D eigenvalue weighted by atomic mass is 9.84. The molecule has 2 atom stereocenters. The second-order valence-corrected chi connectivity index (χ2v) is 8.29. The maximum atomic E-state index is 9.39. The van der Waals surface area contributed by atoms with Crippen LogP contribution in [0.5, 0.6) is 0 Å². The first-order valence-corrected chi connectivity index (χ1v) is 10.8. The summed E-state index contributed by atoms with van der Waals surface area (Å²) in [5.74, 6) is 0.823. The van der Waals surface area contributed by atoms with E-state index in [9.17, 15) is 5.11 Å². The van der Waals surface area contributed by atoms with Crippen molar-refractivity contribution in [2.24, 2.45) is 10.4 Å². The molecule has 2 saturated heterocycles. The molecule has 0 radical (unpaired) electrons. The third-order valence-corrected chi connectivity index (χ3v) is 6.31. The van der Waals surface area contributed by atoms with Crippen LogP contribution in [0.1, 0.15) is 19.8 Å². The van der Waals surface area contributed by atoms with Gasteiger partial charge in [-0.3, -0.25) is 9.89 Å². The van der Waals surface area contributed by atoms with Crippen molar-refractivity contribution in [2.75, 3.05) is 71.0 Å². The number of anilines is 1. The third-order valence-electron chi connectivity index (χ3n) is 6.31. The quantitative estimate of drug-likeness (QED) is 0.270. The second-order valence-electron chi connectivity index (χ2n) is 8.29. The second kappa shape index (κ2) is 12.7. The third kappa shape index (κ3) is 6.96. The number of halogens is 1. The number of aliphatic hydroxyl groups excluding tert-OH is 1. The minimum Gasteiger partial charge on any atom is -0.396 e. The van der Waals surface area contributed by atoms with Gasteiger partial charge in [-0.2, -0.15) is 0 Å². The van der Waals surface area contributed by atoms with Crippen LogP contribution in [0.2, 0.25) is 0 Å². The molecule has 0 spiro atoms. The molecule has 2 fully saturated rings. The number of aliphatic hydroxyl groups is 1. The Kier molecular flexibility index (Phi) is 10.6. The summed E-state index contributed by atoms with van der Waals surface area (Å²) in [6.45, 7) is 9.85. The van der Waals surface area contributed by atoms with Crippen molar-refractivity contribution < 1.29 is 9.84 Å². The zero-order valence-corrected chi connectivity index (χ0v) is 20.7. The molecule has 8 heteroatoms. The Morgan fingerprint density at radius 3 is 2.53 bits per heavy atom. The largest absolute Gasteiger partial charge is 0.396 e. The van der Waals surface area contributed by atoms with Crippen molar-refractivity contribution in [3.63, 3.8) is 0 Å². The Bertz CT molecular complexity index is 632. The predicted octanol–water partition coefficient (Wildman–Crippen LogP) is 1.77. The molecule has 0 bridgehead atoms. The number of hydrogen-bond acceptors (Lipinski definition) is 5. The average Bonchev–Trinajstić information content (AvgIpc) is 3.23. The maximum Gasteiger partial charge on any atom is 0.191 e. The van der Waals surface area contributed by atoms with Crippen molar-refractivity contribution in [1.82, 2.24) is 15.5 Å². The van der Waals surface area contributed by atoms with Crippen molar-refractivity contribution in [1.29, 1.82) is 0 Å². The molecule has 170 valence electrons. The number of rotatable bonds is 8. The molecular weight excluding hydrogens is 493 g/mol. The number of nitrogens with one attached hydrogen (secondary N) is 2. The van der Waals surface area contributed by atoms with Crippen LogP contribution in [0.4, 0.5) is 5.69 Å². The van der Waals surface area contributed by atoms with Gasteiger partial charge in [0, 0.05) is 76.7 Å². The highest BCUT2D eigenvalue weighted by Crippen LogP contribution is 2.31. The number of aliphatic imine (C=N–C) groups is 1. The molecule has 1 aromatic rings. The van der Waals surface area contributed by atoms with Crippen LogP contribution >= 0.6 is 24.0 Å². The van der Waals surface area contributed by atoms with Crippen molar-refractivity contribution in [3.05, 3.63) is 30.3 Å². The van der Waals surface area contributed by atoms with E-state index in [1.165, 1.54) is 5.69 Å². The molecule has 2 heterocycles. The SMILES string of the molecule is CN=C(NCC(C)N1CCN(c2ccccc2)CC1)NCC1(CCO)CCOC1.I. The molecule has 3 N–H and O–H groups in total. The van der Waals surface area contributed by atoms with Gasteiger partial charge in [-0.25, -0.2) is 0 Å². The van der Waals surface area contributed by atoms with Crippen LogP contribution in [0.25, 0.3) is 0 Å². The van der Waals surface area contributed by atoms with Crippen molar-refractivity contribution >= 4 is 35.6 Å². The molecule has 3 rings (SSSR count). The van der Waals surface area contributed by atoms with Gasteiger partial charge in [-0.05, 0) is 31.9 Å². The van der Waals surface area contributed by atoms with Gasteiger partial charge in [-0.1, -0.05) is 18.2 Å². The molecule has 2 aliphatic heterocycles. The molecule has 7 nitrogen and oxygen atoms in total. The number of ether oxygens (including phenoxy) is 1. The summed E-state index contributed by atoms with van der Waals surface area (Å²) in [5, 5.41) is 16.3. The molecule has 2 unspecified atom stereocenters. The van der Waals surface area contributed by atoms with Gasteiger partial charge in [0.2, 0.25) is 0 Å². The monoisotopic (exact) mass is 531 g/mol. The number of benzene rings is 1. The fraction of sp³-hybridized carbons (Fsp3) is 0.682. The molecule has 0 saturated carbocycles. The fourth-order valence-corrected chi connectivity index (χ4v) is 4.24. The van der Waals surface area contributed by atoms with Gasteiger partial charge in [0.25, 0.3) is 0 Å². The standard InChI is InChI=1S/C22H37N5O2.HI/c1-19(26-10-12-27(13-11-26)20-6-4-3-5-7-20)16-24-21(23-2)25-17-22(8-14-28)9-15-29-18-22;/h3-7,19,28H,8-18H2,1-2H3,(H2,23,24,25);1H. The first-order valence-electron chi connectivity index (χ1n) is 10.8. The van der Waals surface area contributed by atoms with E-state index in [1.807, 2.05) is 7.05 Å². The number of guanidine groups is 1. The summed E-state index contributed by atoms with van der Waals surface area (Å²) in [6.07, 6.45) is 1.75. The summed E-state index contributed by atoms with van der Waals surface area (Å²) in [4.78, 5) is 9.37. The van der Waals surface area contributed by atoms with Crippen LogP contribution in [0.3, 0.4) is 0 Å². The molecule has 1 aromatic carbocycles. The van der Waals surface area contributed by atoms with E-state index in [0.717, 1.165) is 64.7 Å². The van der Waals surface area contributed by atoms with E-state index in [4.69, 9.17) is 4.74 Å². The van der Waals surface area contributed by atoms with Crippen molar-refractivity contribution in [2.45, 2.75) is 25.8 Å². The summed E-state index contributed by atoms with van der Waals surface area (Å²) < 4.78 is 5.58. The zero-order chi connectivity index (χ0) is 20.5. The summed E-state index contributed by atoms with van der Waals surface area (Å²) in [5.41, 5.74) is 1.33. The molecule has 2 aliphatic rings. The zero-order valence-electron chi connectivity index (χ0n) is 18.3. The smallest absolute Gasteiger partial charge is 0.191 e. The van der Waals surface area contributed by atoms with E-state index in [-0.39, 0.29) is 36.0 Å². The Balaban J connectivity index is 0.00000320. The minimum atomic E-state index is 0. The van der Waals surface area contributed by atoms with Gasteiger partial charge in [0.15, 0.2) is 5.96 Å². The average molecular weight is 531 g/mol. The van der Waals surface area contributed by atoms with Crippen molar-refractivity contribution in [3.8, 4) is 0 Å². The normalized spacial score (nSPS) is 23.7. The van der Waals surface area contributed by atoms with E-state index in [0.29, 0.717) is 12.6 Å². The summed E-state index contributed by atoms with van der Waals surface area (Å²) in [7, 11) is 1.81. The van der Waals surface area contributed by atoms with Gasteiger partial charge in [0.1, 0.15) is 0 Å². The Hall–Kier alpha value is -1.10. The van der Waals surface area contributed by atoms with Gasteiger partial charge >= 0.3 is 0 Å². The topological polar surface area (TPSA) is 72.4 Å². The predicted molar refractivity (Wildman–Crippen MR) is 134 cm³/mol. The summed E-state index contributed by atoms with van der Waals surface area (Å²) in [6, 6.07) is 11.1. The number of hydrogen-bond donors (Lipinski definition) is 3. The number of nitrogens with zero attached hydrogens (tertiary/aromatic N) is 3. The van der Waals surface area contributed by atoms with E-state index < -0.39 is 0 Å². The van der Waals surface area contributed by atoms with Crippen LogP contribution < -0.4 is 15.5 Å². The van der Waals surface area contributed by atoms with Gasteiger partial charge < -0.3 is 25.4 Å². The molecule has 0 aromatic heterocycles. The lowest BCUT2D eigenvalue weighted by molar-refractivity contribution is 0.127. The Morgan fingerprint density at radius 1 is 1.20 bits per heavy atom. The number of para-hydroxylation sites is 1. The van der Waals surface area contributed by atoms with E-state index >= 15 is 0 Å². The Labute approximate surface area is 198 Å². The fourth-order valence-electron chi connectivity index (χ4n) is 4.24. The minimum absolute atomic E-state index is 0. The highest BCUT2D eigenvalue weighted by molar-refractivity contribution is 14.0. The van der Waals surface area contributed by atoms with Crippen LogP contribution in [-0.4, -0.2) is 88.1 Å². The molecule has 0 amide bonds. The summed E-state index contributed by atoms with van der Waals surface area (Å²) >= 11 is 0. The van der Waals surface area contributed by atoms with Gasteiger partial charge in [-0.15, -0.1) is 24.0 Å². The lowest BCUT2D eigenvalue weighted by Gasteiger charge is -2.39. The Morgan fingerprint density at radius 2 is 1.93 bits per heavy atom. The maximum absolute atomic E-state index is 9.39. The van der Waals surface area contributed by atoms with Crippen LogP contribution in [-0.2, 0) is 4.74 Å². The first-order chi connectivity index (χ1) is 14.2. The van der Waals surface area contributed by atoms with E-state index in [1.54, 1.807) is 0 Å². The van der Waals surface area contributed by atoms with Crippen LogP contribution in [0.15, 0.2) is 35.3 Å². The first kappa shape index (κ1) is 25.2. The highest BCUT2D eigenvalue weighted by atomic mass is 127. The van der Waals surface area contributed by atoms with Gasteiger partial charge in [0.05, 0.1) is 6.61 Å². The number of piperazine rings is 1. The lowest BCUT2D eigenvalue weighted by Crippen LogP contribution is -2.53. The van der Waals surface area contributed by atoms with E-state index in [2.05, 4.69) is 62.7 Å². The molecule has 0 aliphatic carbocycles. The molecular formula is C22H38IN5O2.